The molecule has 0 unspecified atom stereocenters. The lowest BCUT2D eigenvalue weighted by atomic mass is 10.3. The third-order valence-corrected chi connectivity index (χ3v) is 5.85. The van der Waals surface area contributed by atoms with Gasteiger partial charge in [0.25, 0.3) is 0 Å². The van der Waals surface area contributed by atoms with Crippen molar-refractivity contribution in [2.75, 3.05) is 11.1 Å². The summed E-state index contributed by atoms with van der Waals surface area (Å²) in [5.74, 6) is -0.687. The van der Waals surface area contributed by atoms with Gasteiger partial charge in [-0.15, -0.1) is 0 Å². The first-order valence-corrected chi connectivity index (χ1v) is 9.71. The maximum absolute atomic E-state index is 12.5. The molecule has 0 saturated carbocycles. The van der Waals surface area contributed by atoms with Gasteiger partial charge in [-0.3, -0.25) is 4.79 Å². The van der Waals surface area contributed by atoms with E-state index in [4.69, 9.17) is 11.6 Å². The number of nitrogens with zero attached hydrogens (tertiary/aromatic N) is 2. The number of hydrogen-bond acceptors (Lipinski definition) is 6. The van der Waals surface area contributed by atoms with Crippen LogP contribution in [0.15, 0.2) is 47.4 Å². The molecule has 1 aromatic heterocycles. The van der Waals surface area contributed by atoms with Gasteiger partial charge in [0.15, 0.2) is 9.84 Å². The zero-order valence-electron chi connectivity index (χ0n) is 12.3. The molecule has 6 nitrogen and oxygen atoms in total. The highest BCUT2D eigenvalue weighted by Gasteiger charge is 2.21. The molecule has 2 aromatic carbocycles. The SMILES string of the molecule is O=C(CCS(=O)(=O)c1cccc2nsnc12)Nc1ccc(Cl)cc1. The Bertz CT molecular complexity index is 985. The van der Waals surface area contributed by atoms with Gasteiger partial charge in [-0.1, -0.05) is 17.7 Å². The van der Waals surface area contributed by atoms with Crippen LogP contribution >= 0.6 is 23.3 Å². The number of anilines is 1. The molecule has 1 N–H and O–H groups in total. The number of fused-ring (bicyclic) bond motifs is 1. The molecule has 0 atom stereocenters. The quantitative estimate of drug-likeness (QED) is 0.733. The van der Waals surface area contributed by atoms with Gasteiger partial charge in [-0.05, 0) is 36.4 Å². The summed E-state index contributed by atoms with van der Waals surface area (Å²) < 4.78 is 33.0. The van der Waals surface area contributed by atoms with Crippen molar-refractivity contribution >= 4 is 55.8 Å². The highest BCUT2D eigenvalue weighted by atomic mass is 35.5. The number of nitrogens with one attached hydrogen (secondary N) is 1. The van der Waals surface area contributed by atoms with Crippen LogP contribution in [-0.2, 0) is 14.6 Å². The van der Waals surface area contributed by atoms with Crippen LogP contribution in [0.5, 0.6) is 0 Å². The van der Waals surface area contributed by atoms with Gasteiger partial charge in [-0.2, -0.15) is 8.75 Å². The smallest absolute Gasteiger partial charge is 0.225 e. The van der Waals surface area contributed by atoms with Crippen molar-refractivity contribution < 1.29 is 13.2 Å². The lowest BCUT2D eigenvalue weighted by Gasteiger charge is -2.07. The van der Waals surface area contributed by atoms with Gasteiger partial charge < -0.3 is 5.32 Å². The minimum Gasteiger partial charge on any atom is -0.326 e. The predicted octanol–water partition coefficient (Wildman–Crippen LogP) is 3.15. The van der Waals surface area contributed by atoms with Crippen molar-refractivity contribution in [3.8, 4) is 0 Å². The van der Waals surface area contributed by atoms with Crippen LogP contribution in [0.2, 0.25) is 5.02 Å². The molecule has 3 aromatic rings. The molecule has 1 amide bonds. The maximum atomic E-state index is 12.5. The summed E-state index contributed by atoms with van der Waals surface area (Å²) in [4.78, 5) is 12.1. The highest BCUT2D eigenvalue weighted by Crippen LogP contribution is 2.22. The van der Waals surface area contributed by atoms with E-state index in [-0.39, 0.29) is 23.0 Å². The molecule has 0 aliphatic heterocycles. The van der Waals surface area contributed by atoms with Crippen molar-refractivity contribution in [3.63, 3.8) is 0 Å². The Morgan fingerprint density at radius 1 is 1.12 bits per heavy atom. The molecule has 0 bridgehead atoms. The normalized spacial score (nSPS) is 11.5. The molecule has 3 rings (SSSR count). The molecule has 0 saturated heterocycles. The van der Waals surface area contributed by atoms with Gasteiger partial charge in [0.1, 0.15) is 11.0 Å². The van der Waals surface area contributed by atoms with E-state index in [0.717, 1.165) is 11.7 Å². The van der Waals surface area contributed by atoms with Crippen LogP contribution < -0.4 is 5.32 Å². The van der Waals surface area contributed by atoms with E-state index < -0.39 is 9.84 Å². The summed E-state index contributed by atoms with van der Waals surface area (Å²) in [7, 11) is -3.63. The van der Waals surface area contributed by atoms with Crippen LogP contribution in [0.25, 0.3) is 11.0 Å². The van der Waals surface area contributed by atoms with Gasteiger partial charge in [0, 0.05) is 17.1 Å². The maximum Gasteiger partial charge on any atom is 0.225 e. The summed E-state index contributed by atoms with van der Waals surface area (Å²) >= 11 is 6.73. The average molecular weight is 382 g/mol. The Labute approximate surface area is 147 Å². The Kier molecular flexibility index (Phi) is 4.79. The number of carbonyl (C=O) groups excluding carboxylic acids is 1. The van der Waals surface area contributed by atoms with E-state index in [2.05, 4.69) is 14.1 Å². The highest BCUT2D eigenvalue weighted by molar-refractivity contribution is 7.91. The number of carbonyl (C=O) groups is 1. The van der Waals surface area contributed by atoms with Crippen molar-refractivity contribution in [1.82, 2.24) is 8.75 Å². The van der Waals surface area contributed by atoms with Crippen molar-refractivity contribution in [2.24, 2.45) is 0 Å². The molecular weight excluding hydrogens is 370 g/mol. The Morgan fingerprint density at radius 3 is 2.62 bits per heavy atom. The van der Waals surface area contributed by atoms with Crippen LogP contribution in [-0.4, -0.2) is 28.8 Å². The van der Waals surface area contributed by atoms with Gasteiger partial charge >= 0.3 is 0 Å². The molecule has 1 heterocycles. The van der Waals surface area contributed by atoms with Gasteiger partial charge in [-0.25, -0.2) is 8.42 Å². The van der Waals surface area contributed by atoms with E-state index in [1.54, 1.807) is 36.4 Å². The van der Waals surface area contributed by atoms with Crippen LogP contribution in [0.3, 0.4) is 0 Å². The number of sulfone groups is 1. The monoisotopic (exact) mass is 381 g/mol. The fourth-order valence-corrected chi connectivity index (χ4v) is 4.26. The number of aromatic nitrogens is 2. The number of benzene rings is 2. The topological polar surface area (TPSA) is 89.0 Å². The van der Waals surface area contributed by atoms with E-state index in [1.165, 1.54) is 6.07 Å². The van der Waals surface area contributed by atoms with E-state index in [0.29, 0.717) is 21.7 Å². The second-order valence-corrected chi connectivity index (χ2v) is 8.05. The number of hydrogen-bond donors (Lipinski definition) is 1. The summed E-state index contributed by atoms with van der Waals surface area (Å²) in [6, 6.07) is 11.4. The molecule has 0 aliphatic carbocycles. The van der Waals surface area contributed by atoms with Gasteiger partial charge in [0.2, 0.25) is 5.91 Å². The first-order valence-electron chi connectivity index (χ1n) is 6.95. The summed E-state index contributed by atoms with van der Waals surface area (Å²) in [6.07, 6.45) is -0.154. The number of rotatable bonds is 5. The lowest BCUT2D eigenvalue weighted by molar-refractivity contribution is -0.115. The molecule has 0 spiro atoms. The molecule has 0 aliphatic rings. The molecule has 0 radical (unpaired) electrons. The zero-order chi connectivity index (χ0) is 17.2. The van der Waals surface area contributed by atoms with Crippen molar-refractivity contribution in [1.29, 1.82) is 0 Å². The Morgan fingerprint density at radius 2 is 1.88 bits per heavy atom. The van der Waals surface area contributed by atoms with Crippen molar-refractivity contribution in [2.45, 2.75) is 11.3 Å². The van der Waals surface area contributed by atoms with Crippen LogP contribution in [0.1, 0.15) is 6.42 Å². The minimum atomic E-state index is -3.63. The molecule has 9 heteroatoms. The largest absolute Gasteiger partial charge is 0.326 e. The third kappa shape index (κ3) is 3.72. The zero-order valence-corrected chi connectivity index (χ0v) is 14.7. The molecular formula is C15H12ClN3O3S2. The van der Waals surface area contributed by atoms with Gasteiger partial charge in [0.05, 0.1) is 22.4 Å². The lowest BCUT2D eigenvalue weighted by Crippen LogP contribution is -2.17. The van der Waals surface area contributed by atoms with Crippen LogP contribution in [0, 0.1) is 0 Å². The molecule has 24 heavy (non-hydrogen) atoms. The summed E-state index contributed by atoms with van der Waals surface area (Å²) in [5.41, 5.74) is 1.44. The first kappa shape index (κ1) is 16.8. The number of amides is 1. The second-order valence-electron chi connectivity index (χ2n) is 5.01. The average Bonchev–Trinajstić information content (AvgIpc) is 3.03. The second kappa shape index (κ2) is 6.84. The summed E-state index contributed by atoms with van der Waals surface area (Å²) in [6.45, 7) is 0. The Hall–Kier alpha value is -2.03. The van der Waals surface area contributed by atoms with Crippen LogP contribution in [0.4, 0.5) is 5.69 Å². The van der Waals surface area contributed by atoms with Crippen molar-refractivity contribution in [3.05, 3.63) is 47.5 Å². The fraction of sp³-hybridized carbons (Fsp3) is 0.133. The van der Waals surface area contributed by atoms with E-state index in [9.17, 15) is 13.2 Å². The standard InChI is InChI=1S/C15H12ClN3O3S2/c16-10-4-6-11(7-5-10)17-14(20)8-9-24(21,22)13-3-1-2-12-15(13)19-23-18-12/h1-7H,8-9H2,(H,17,20). The third-order valence-electron chi connectivity index (χ3n) is 3.31. The Balaban J connectivity index is 1.70. The van der Waals surface area contributed by atoms with E-state index >= 15 is 0 Å². The molecule has 0 fully saturated rings. The predicted molar refractivity (Wildman–Crippen MR) is 94.2 cm³/mol. The molecule has 124 valence electrons. The van der Waals surface area contributed by atoms with E-state index in [1.807, 2.05) is 0 Å². The number of halogens is 1. The first-order chi connectivity index (χ1) is 11.5. The fourth-order valence-electron chi connectivity index (χ4n) is 2.13. The summed E-state index contributed by atoms with van der Waals surface area (Å²) in [5, 5.41) is 3.19. The minimum absolute atomic E-state index is 0.105.